The Morgan fingerprint density at radius 2 is 1.59 bits per heavy atom. The van der Waals surface area contributed by atoms with E-state index in [4.69, 9.17) is 0 Å². The third-order valence-corrected chi connectivity index (χ3v) is 2.95. The van der Waals surface area contributed by atoms with Gasteiger partial charge in [-0.1, -0.05) is 48.5 Å². The van der Waals surface area contributed by atoms with Crippen LogP contribution in [0.5, 0.6) is 0 Å². The summed E-state index contributed by atoms with van der Waals surface area (Å²) < 4.78 is 0. The normalized spacial score (nSPS) is 10.2. The van der Waals surface area contributed by atoms with Crippen molar-refractivity contribution in [2.24, 2.45) is 0 Å². The Kier molecular flexibility index (Phi) is 4.20. The summed E-state index contributed by atoms with van der Waals surface area (Å²) in [6.45, 7) is 3.17. The topological polar surface area (TPSA) is 12.0 Å². The first-order chi connectivity index (χ1) is 8.36. The molecule has 0 atom stereocenters. The number of rotatable bonds is 5. The smallest absolute Gasteiger partial charge is 0.0369 e. The van der Waals surface area contributed by atoms with Crippen LogP contribution in [0, 0.1) is 6.92 Å². The minimum absolute atomic E-state index is 1.03. The molecule has 17 heavy (non-hydrogen) atoms. The fourth-order valence-electron chi connectivity index (χ4n) is 1.93. The lowest BCUT2D eigenvalue weighted by Gasteiger charge is -2.08. The van der Waals surface area contributed by atoms with Gasteiger partial charge in [0.1, 0.15) is 0 Å². The van der Waals surface area contributed by atoms with Crippen molar-refractivity contribution < 1.29 is 0 Å². The average molecular weight is 225 g/mol. The average Bonchev–Trinajstić information content (AvgIpc) is 2.38. The van der Waals surface area contributed by atoms with Gasteiger partial charge in [0.25, 0.3) is 0 Å². The van der Waals surface area contributed by atoms with Crippen LogP contribution in [0.3, 0.4) is 0 Å². The first-order valence-corrected chi connectivity index (χ1v) is 6.20. The van der Waals surface area contributed by atoms with Crippen molar-refractivity contribution >= 4 is 5.69 Å². The van der Waals surface area contributed by atoms with Gasteiger partial charge in [-0.05, 0) is 37.0 Å². The van der Waals surface area contributed by atoms with Gasteiger partial charge in [0.05, 0.1) is 0 Å². The molecule has 1 nitrogen and oxygen atoms in total. The Morgan fingerprint density at radius 1 is 0.882 bits per heavy atom. The van der Waals surface area contributed by atoms with Gasteiger partial charge in [0.2, 0.25) is 0 Å². The van der Waals surface area contributed by atoms with Crippen LogP contribution in [0.2, 0.25) is 0 Å². The molecule has 0 unspecified atom stereocenters. The summed E-state index contributed by atoms with van der Waals surface area (Å²) in [6, 6.07) is 19.1. The first-order valence-electron chi connectivity index (χ1n) is 6.20. The van der Waals surface area contributed by atoms with Gasteiger partial charge in [0, 0.05) is 12.2 Å². The van der Waals surface area contributed by atoms with E-state index < -0.39 is 0 Å². The van der Waals surface area contributed by atoms with Crippen LogP contribution >= 0.6 is 0 Å². The second-order valence-electron chi connectivity index (χ2n) is 4.33. The molecule has 0 saturated heterocycles. The zero-order chi connectivity index (χ0) is 11.9. The third kappa shape index (κ3) is 3.63. The first kappa shape index (κ1) is 11.7. The summed E-state index contributed by atoms with van der Waals surface area (Å²) in [7, 11) is 0. The van der Waals surface area contributed by atoms with E-state index in [0.29, 0.717) is 0 Å². The summed E-state index contributed by atoms with van der Waals surface area (Å²) in [5, 5.41) is 3.48. The van der Waals surface area contributed by atoms with Crippen LogP contribution in [-0.2, 0) is 6.42 Å². The maximum atomic E-state index is 3.48. The molecule has 0 aliphatic heterocycles. The van der Waals surface area contributed by atoms with Crippen LogP contribution in [0.15, 0.2) is 54.6 Å². The highest BCUT2D eigenvalue weighted by Crippen LogP contribution is 2.13. The van der Waals surface area contributed by atoms with Crippen LogP contribution < -0.4 is 5.32 Å². The van der Waals surface area contributed by atoms with E-state index in [9.17, 15) is 0 Å². The molecule has 0 aliphatic carbocycles. The standard InChI is InChI=1S/C16H19N/c1-14-8-5-6-12-16(14)17-13-7-11-15-9-3-2-4-10-15/h2-6,8-10,12,17H,7,11,13H2,1H3. The molecule has 0 aromatic heterocycles. The van der Waals surface area contributed by atoms with Gasteiger partial charge < -0.3 is 5.32 Å². The van der Waals surface area contributed by atoms with Crippen molar-refractivity contribution in [2.75, 3.05) is 11.9 Å². The van der Waals surface area contributed by atoms with Gasteiger partial charge in [-0.3, -0.25) is 0 Å². The molecule has 0 saturated carbocycles. The van der Waals surface area contributed by atoms with Gasteiger partial charge in [-0.15, -0.1) is 0 Å². The van der Waals surface area contributed by atoms with Gasteiger partial charge in [-0.25, -0.2) is 0 Å². The van der Waals surface area contributed by atoms with Crippen molar-refractivity contribution in [3.05, 3.63) is 65.7 Å². The molecule has 1 heteroatoms. The molecule has 2 rings (SSSR count). The number of benzene rings is 2. The van der Waals surface area contributed by atoms with Crippen LogP contribution in [0.25, 0.3) is 0 Å². The van der Waals surface area contributed by atoms with Crippen LogP contribution in [0.4, 0.5) is 5.69 Å². The molecule has 1 N–H and O–H groups in total. The van der Waals surface area contributed by atoms with E-state index >= 15 is 0 Å². The highest BCUT2D eigenvalue weighted by molar-refractivity contribution is 5.50. The van der Waals surface area contributed by atoms with Gasteiger partial charge >= 0.3 is 0 Å². The van der Waals surface area contributed by atoms with E-state index in [-0.39, 0.29) is 0 Å². The van der Waals surface area contributed by atoms with E-state index in [1.54, 1.807) is 0 Å². The summed E-state index contributed by atoms with van der Waals surface area (Å²) in [5.74, 6) is 0. The fraction of sp³-hybridized carbons (Fsp3) is 0.250. The summed E-state index contributed by atoms with van der Waals surface area (Å²) >= 11 is 0. The molecular formula is C16H19N. The minimum Gasteiger partial charge on any atom is -0.385 e. The second-order valence-corrected chi connectivity index (χ2v) is 4.33. The second kappa shape index (κ2) is 6.09. The Bertz CT molecular complexity index is 448. The number of nitrogens with one attached hydrogen (secondary N) is 1. The quantitative estimate of drug-likeness (QED) is 0.757. The molecule has 2 aromatic rings. The monoisotopic (exact) mass is 225 g/mol. The predicted octanol–water partition coefficient (Wildman–Crippen LogP) is 4.04. The molecule has 0 heterocycles. The highest BCUT2D eigenvalue weighted by Gasteiger charge is 1.95. The molecule has 0 aliphatic rings. The number of aryl methyl sites for hydroxylation is 2. The van der Waals surface area contributed by atoms with Crippen molar-refractivity contribution in [3.63, 3.8) is 0 Å². The number of anilines is 1. The lowest BCUT2D eigenvalue weighted by Crippen LogP contribution is -2.04. The molecule has 0 amide bonds. The molecular weight excluding hydrogens is 206 g/mol. The van der Waals surface area contributed by atoms with Gasteiger partial charge in [0.15, 0.2) is 0 Å². The number of hydrogen-bond acceptors (Lipinski definition) is 1. The number of hydrogen-bond donors (Lipinski definition) is 1. The maximum Gasteiger partial charge on any atom is 0.0369 e. The van der Waals surface area contributed by atoms with E-state index in [1.807, 2.05) is 0 Å². The zero-order valence-electron chi connectivity index (χ0n) is 10.3. The molecule has 0 spiro atoms. The van der Waals surface area contributed by atoms with Crippen molar-refractivity contribution in [1.82, 2.24) is 0 Å². The summed E-state index contributed by atoms with van der Waals surface area (Å²) in [5.41, 5.74) is 3.98. The SMILES string of the molecule is Cc1ccccc1NCCCc1ccccc1. The Labute approximate surface area is 103 Å². The van der Waals surface area contributed by atoms with Crippen LogP contribution in [0.1, 0.15) is 17.5 Å². The molecule has 2 aromatic carbocycles. The Balaban J connectivity index is 1.76. The van der Waals surface area contributed by atoms with Crippen LogP contribution in [-0.4, -0.2) is 6.54 Å². The van der Waals surface area contributed by atoms with Crippen molar-refractivity contribution in [1.29, 1.82) is 0 Å². The largest absolute Gasteiger partial charge is 0.385 e. The minimum atomic E-state index is 1.03. The summed E-state index contributed by atoms with van der Waals surface area (Å²) in [4.78, 5) is 0. The van der Waals surface area contributed by atoms with Crippen molar-refractivity contribution in [2.45, 2.75) is 19.8 Å². The molecule has 0 radical (unpaired) electrons. The maximum absolute atomic E-state index is 3.48. The zero-order valence-corrected chi connectivity index (χ0v) is 10.3. The predicted molar refractivity (Wildman–Crippen MR) is 74.4 cm³/mol. The molecule has 0 bridgehead atoms. The number of para-hydroxylation sites is 1. The summed E-state index contributed by atoms with van der Waals surface area (Å²) in [6.07, 6.45) is 2.30. The highest BCUT2D eigenvalue weighted by atomic mass is 14.9. The molecule has 88 valence electrons. The lowest BCUT2D eigenvalue weighted by molar-refractivity contribution is 0.862. The third-order valence-electron chi connectivity index (χ3n) is 2.95. The van der Waals surface area contributed by atoms with Gasteiger partial charge in [-0.2, -0.15) is 0 Å². The fourth-order valence-corrected chi connectivity index (χ4v) is 1.93. The van der Waals surface area contributed by atoms with E-state index in [1.165, 1.54) is 23.2 Å². The van der Waals surface area contributed by atoms with Crippen molar-refractivity contribution in [3.8, 4) is 0 Å². The van der Waals surface area contributed by atoms with E-state index in [0.717, 1.165) is 13.0 Å². The van der Waals surface area contributed by atoms with E-state index in [2.05, 4.69) is 66.8 Å². The molecule has 0 fully saturated rings. The lowest BCUT2D eigenvalue weighted by atomic mass is 10.1. The Morgan fingerprint density at radius 3 is 2.35 bits per heavy atom. The Hall–Kier alpha value is -1.76.